The number of carbonyl (C=O) groups excluding carboxylic acids is 1. The molecule has 0 aliphatic heterocycles. The lowest BCUT2D eigenvalue weighted by molar-refractivity contribution is -0.146. The molecule has 0 saturated heterocycles. The molecule has 6 nitrogen and oxygen atoms in total. The van der Waals surface area contributed by atoms with Gasteiger partial charge in [0, 0.05) is 12.6 Å². The number of carbonyl (C=O) groups is 1. The summed E-state index contributed by atoms with van der Waals surface area (Å²) in [5.74, 6) is -0.303. The molecule has 0 spiro atoms. The summed E-state index contributed by atoms with van der Waals surface area (Å²) in [6.45, 7) is 6.28. The number of ether oxygens (including phenoxy) is 4. The van der Waals surface area contributed by atoms with E-state index < -0.39 is 5.54 Å². The van der Waals surface area contributed by atoms with E-state index in [0.29, 0.717) is 33.0 Å². The van der Waals surface area contributed by atoms with Gasteiger partial charge in [0.05, 0.1) is 39.5 Å². The lowest BCUT2D eigenvalue weighted by Gasteiger charge is -2.16. The normalized spacial score (nSPS) is 11.6. The summed E-state index contributed by atoms with van der Waals surface area (Å²) in [5, 5.41) is 0. The molecule has 108 valence electrons. The molecule has 0 aliphatic carbocycles. The van der Waals surface area contributed by atoms with Gasteiger partial charge in [0.15, 0.2) is 0 Å². The quantitative estimate of drug-likeness (QED) is 0.427. The van der Waals surface area contributed by atoms with Crippen molar-refractivity contribution in [2.24, 2.45) is 5.73 Å². The van der Waals surface area contributed by atoms with Crippen molar-refractivity contribution in [1.29, 1.82) is 0 Å². The van der Waals surface area contributed by atoms with E-state index in [1.807, 2.05) is 0 Å². The van der Waals surface area contributed by atoms with Gasteiger partial charge >= 0.3 is 5.97 Å². The summed E-state index contributed by atoms with van der Waals surface area (Å²) in [6, 6.07) is 0. The Morgan fingerprint density at radius 3 is 2.00 bits per heavy atom. The number of hydrogen-bond donors (Lipinski definition) is 1. The Morgan fingerprint density at radius 1 is 1.00 bits per heavy atom. The van der Waals surface area contributed by atoms with Crippen LogP contribution in [0.3, 0.4) is 0 Å². The van der Waals surface area contributed by atoms with Crippen LogP contribution >= 0.6 is 0 Å². The van der Waals surface area contributed by atoms with Crippen molar-refractivity contribution in [3.8, 4) is 0 Å². The first-order valence-electron chi connectivity index (χ1n) is 6.04. The molecular weight excluding hydrogens is 238 g/mol. The van der Waals surface area contributed by atoms with Crippen LogP contribution in [0.25, 0.3) is 0 Å². The first-order chi connectivity index (χ1) is 8.45. The van der Waals surface area contributed by atoms with Crippen LogP contribution in [0.4, 0.5) is 0 Å². The average Bonchev–Trinajstić information content (AvgIpc) is 2.24. The number of esters is 1. The maximum absolute atomic E-state index is 11.3. The predicted octanol–water partition coefficient (Wildman–Crippen LogP) is 0.337. The Hall–Kier alpha value is -0.690. The first-order valence-corrected chi connectivity index (χ1v) is 6.04. The zero-order valence-electron chi connectivity index (χ0n) is 11.6. The average molecular weight is 263 g/mol. The Balaban J connectivity index is 3.23. The maximum atomic E-state index is 11.3. The molecule has 0 unspecified atom stereocenters. The summed E-state index contributed by atoms with van der Waals surface area (Å²) in [4.78, 5) is 11.3. The minimum absolute atomic E-state index is 0.202. The van der Waals surface area contributed by atoms with E-state index in [0.717, 1.165) is 0 Å². The van der Waals surface area contributed by atoms with E-state index in [9.17, 15) is 4.79 Å². The summed E-state index contributed by atoms with van der Waals surface area (Å²) in [6.07, 6.45) is 0.202. The highest BCUT2D eigenvalue weighted by Gasteiger charge is 2.17. The molecule has 0 bridgehead atoms. The van der Waals surface area contributed by atoms with Crippen LogP contribution < -0.4 is 5.73 Å². The van der Waals surface area contributed by atoms with Gasteiger partial charge in [-0.1, -0.05) is 0 Å². The van der Waals surface area contributed by atoms with Crippen LogP contribution in [0.2, 0.25) is 0 Å². The third-order valence-corrected chi connectivity index (χ3v) is 1.89. The molecule has 0 rings (SSSR count). The molecule has 6 heteroatoms. The van der Waals surface area contributed by atoms with Gasteiger partial charge in [0.25, 0.3) is 0 Å². The Labute approximate surface area is 109 Å². The van der Waals surface area contributed by atoms with Crippen molar-refractivity contribution < 1.29 is 23.7 Å². The van der Waals surface area contributed by atoms with Crippen LogP contribution in [-0.4, -0.2) is 58.3 Å². The van der Waals surface area contributed by atoms with Gasteiger partial charge < -0.3 is 24.7 Å². The molecule has 0 amide bonds. The van der Waals surface area contributed by atoms with Crippen molar-refractivity contribution in [2.75, 3.05) is 46.8 Å². The minimum atomic E-state index is -0.535. The monoisotopic (exact) mass is 263 g/mol. The highest BCUT2D eigenvalue weighted by Crippen LogP contribution is 2.04. The minimum Gasteiger partial charge on any atom is -0.463 e. The molecule has 0 aliphatic rings. The fraction of sp³-hybridized carbons (Fsp3) is 0.917. The topological polar surface area (TPSA) is 80.0 Å². The van der Waals surface area contributed by atoms with Crippen LogP contribution in [0, 0.1) is 0 Å². The van der Waals surface area contributed by atoms with E-state index in [-0.39, 0.29) is 19.0 Å². The van der Waals surface area contributed by atoms with Crippen molar-refractivity contribution in [1.82, 2.24) is 0 Å². The van der Waals surface area contributed by atoms with E-state index in [2.05, 4.69) is 0 Å². The second-order valence-corrected chi connectivity index (χ2v) is 4.60. The fourth-order valence-corrected chi connectivity index (χ4v) is 1.10. The maximum Gasteiger partial charge on any atom is 0.307 e. The van der Waals surface area contributed by atoms with Crippen molar-refractivity contribution >= 4 is 5.97 Å². The second-order valence-electron chi connectivity index (χ2n) is 4.60. The van der Waals surface area contributed by atoms with Gasteiger partial charge in [-0.25, -0.2) is 0 Å². The highest BCUT2D eigenvalue weighted by molar-refractivity contribution is 5.70. The zero-order chi connectivity index (χ0) is 13.9. The Kier molecular flexibility index (Phi) is 9.86. The van der Waals surface area contributed by atoms with Crippen LogP contribution in [-0.2, 0) is 23.7 Å². The molecule has 0 aromatic carbocycles. The second kappa shape index (κ2) is 10.3. The van der Waals surface area contributed by atoms with Crippen LogP contribution in [0.15, 0.2) is 0 Å². The SMILES string of the molecule is COCCOCCOCCOC(=O)CC(C)(C)N. The Morgan fingerprint density at radius 2 is 1.50 bits per heavy atom. The molecule has 0 saturated carbocycles. The third-order valence-electron chi connectivity index (χ3n) is 1.89. The van der Waals surface area contributed by atoms with Crippen molar-refractivity contribution in [3.63, 3.8) is 0 Å². The van der Waals surface area contributed by atoms with Gasteiger partial charge in [-0.15, -0.1) is 0 Å². The standard InChI is InChI=1S/C12H25NO5/c1-12(2,13)10-11(14)18-9-8-17-7-6-16-5-4-15-3/h4-10,13H2,1-3H3. The lowest BCUT2D eigenvalue weighted by Crippen LogP contribution is -2.35. The molecule has 0 heterocycles. The van der Waals surface area contributed by atoms with E-state index in [1.165, 1.54) is 0 Å². The molecule has 18 heavy (non-hydrogen) atoms. The molecule has 0 aromatic rings. The fourth-order valence-electron chi connectivity index (χ4n) is 1.10. The van der Waals surface area contributed by atoms with E-state index >= 15 is 0 Å². The summed E-state index contributed by atoms with van der Waals surface area (Å²) in [7, 11) is 1.62. The van der Waals surface area contributed by atoms with Crippen LogP contribution in [0.1, 0.15) is 20.3 Å². The highest BCUT2D eigenvalue weighted by atomic mass is 16.6. The summed E-state index contributed by atoms with van der Waals surface area (Å²) < 4.78 is 20.2. The number of methoxy groups -OCH3 is 1. The molecule has 0 radical (unpaired) electrons. The smallest absolute Gasteiger partial charge is 0.307 e. The number of nitrogens with two attached hydrogens (primary N) is 1. The molecule has 2 N–H and O–H groups in total. The zero-order valence-corrected chi connectivity index (χ0v) is 11.6. The molecule has 0 aromatic heterocycles. The number of hydrogen-bond acceptors (Lipinski definition) is 6. The first kappa shape index (κ1) is 17.3. The Bertz CT molecular complexity index is 215. The number of rotatable bonds is 11. The van der Waals surface area contributed by atoms with Gasteiger partial charge in [-0.2, -0.15) is 0 Å². The van der Waals surface area contributed by atoms with Gasteiger partial charge in [-0.05, 0) is 13.8 Å². The largest absolute Gasteiger partial charge is 0.463 e. The lowest BCUT2D eigenvalue weighted by atomic mass is 10.0. The third kappa shape index (κ3) is 13.4. The predicted molar refractivity (Wildman–Crippen MR) is 67.4 cm³/mol. The van der Waals surface area contributed by atoms with E-state index in [1.54, 1.807) is 21.0 Å². The molecular formula is C12H25NO5. The van der Waals surface area contributed by atoms with Gasteiger partial charge in [0.1, 0.15) is 6.61 Å². The van der Waals surface area contributed by atoms with E-state index in [4.69, 9.17) is 24.7 Å². The molecule has 0 atom stereocenters. The van der Waals surface area contributed by atoms with Crippen molar-refractivity contribution in [3.05, 3.63) is 0 Å². The van der Waals surface area contributed by atoms with Crippen LogP contribution in [0.5, 0.6) is 0 Å². The van der Waals surface area contributed by atoms with Crippen molar-refractivity contribution in [2.45, 2.75) is 25.8 Å². The molecule has 0 fully saturated rings. The summed E-state index contributed by atoms with van der Waals surface area (Å²) in [5.41, 5.74) is 5.15. The van der Waals surface area contributed by atoms with Gasteiger partial charge in [0.2, 0.25) is 0 Å². The summed E-state index contributed by atoms with van der Waals surface area (Å²) >= 11 is 0. The van der Waals surface area contributed by atoms with Gasteiger partial charge in [-0.3, -0.25) is 4.79 Å².